The average Bonchev–Trinajstić information content (AvgIpc) is 2.75. The van der Waals surface area contributed by atoms with Gasteiger partial charge in [-0.15, -0.1) is 0 Å². The minimum atomic E-state index is -0.315. The quantitative estimate of drug-likeness (QED) is 0.606. The highest BCUT2D eigenvalue weighted by Gasteiger charge is 2.24. The molecule has 0 atom stereocenters. The minimum absolute atomic E-state index is 0.0169. The van der Waals surface area contributed by atoms with Gasteiger partial charge in [0, 0.05) is 59.9 Å². The van der Waals surface area contributed by atoms with E-state index < -0.39 is 0 Å². The normalized spacial score (nSPS) is 14.5. The van der Waals surface area contributed by atoms with Gasteiger partial charge < -0.3 is 25.0 Å². The summed E-state index contributed by atoms with van der Waals surface area (Å²) in [6, 6.07) is 5.60. The summed E-state index contributed by atoms with van der Waals surface area (Å²) in [4.78, 5) is 30.3. The maximum Gasteiger partial charge on any atom is 0.253 e. The summed E-state index contributed by atoms with van der Waals surface area (Å²) in [5, 5.41) is 12.9. The van der Waals surface area contributed by atoms with E-state index in [4.69, 9.17) is 16.3 Å². The zero-order chi connectivity index (χ0) is 22.5. The van der Waals surface area contributed by atoms with E-state index in [1.807, 2.05) is 13.0 Å². The van der Waals surface area contributed by atoms with Gasteiger partial charge in [0.15, 0.2) is 0 Å². The topological polar surface area (TPSA) is 94.7 Å². The number of carbonyl (C=O) groups is 1. The number of benzene rings is 1. The van der Waals surface area contributed by atoms with Crippen LogP contribution in [0.5, 0.6) is 0 Å². The Morgan fingerprint density at radius 3 is 2.65 bits per heavy atom. The van der Waals surface area contributed by atoms with Gasteiger partial charge in [0.05, 0.1) is 6.61 Å². The van der Waals surface area contributed by atoms with Crippen LogP contribution < -0.4 is 15.8 Å². The van der Waals surface area contributed by atoms with Crippen molar-refractivity contribution in [3.63, 3.8) is 0 Å². The van der Waals surface area contributed by atoms with E-state index >= 15 is 0 Å². The van der Waals surface area contributed by atoms with Crippen molar-refractivity contribution < 1.29 is 14.6 Å². The maximum atomic E-state index is 13.0. The molecule has 3 rings (SSSR count). The lowest BCUT2D eigenvalue weighted by Crippen LogP contribution is -2.40. The highest BCUT2D eigenvalue weighted by molar-refractivity contribution is 6.31. The number of amides is 1. The number of H-pyrrole nitrogens is 1. The van der Waals surface area contributed by atoms with Crippen LogP contribution in [0, 0.1) is 13.8 Å². The van der Waals surface area contributed by atoms with Crippen LogP contribution >= 0.6 is 11.6 Å². The van der Waals surface area contributed by atoms with Gasteiger partial charge in [0.1, 0.15) is 0 Å². The fraction of sp³-hybridized carbons (Fsp3) is 0.478. The average molecular weight is 448 g/mol. The Labute approximate surface area is 187 Å². The summed E-state index contributed by atoms with van der Waals surface area (Å²) in [7, 11) is 0. The van der Waals surface area contributed by atoms with Crippen molar-refractivity contribution in [2.45, 2.75) is 52.8 Å². The van der Waals surface area contributed by atoms with Gasteiger partial charge in [-0.25, -0.2) is 0 Å². The lowest BCUT2D eigenvalue weighted by molar-refractivity contribution is 0.0846. The Kier molecular flexibility index (Phi) is 7.75. The van der Waals surface area contributed by atoms with Gasteiger partial charge in [0.2, 0.25) is 0 Å². The van der Waals surface area contributed by atoms with E-state index in [0.29, 0.717) is 33.4 Å². The van der Waals surface area contributed by atoms with Crippen LogP contribution in [-0.2, 0) is 17.9 Å². The molecule has 1 aromatic carbocycles. The second-order valence-corrected chi connectivity index (χ2v) is 8.29. The number of hydrogen-bond acceptors (Lipinski definition) is 5. The molecule has 2 aromatic rings. The second-order valence-electron chi connectivity index (χ2n) is 7.85. The second kappa shape index (κ2) is 10.3. The summed E-state index contributed by atoms with van der Waals surface area (Å²) < 4.78 is 5.49. The molecule has 31 heavy (non-hydrogen) atoms. The first-order valence-electron chi connectivity index (χ1n) is 10.6. The molecule has 1 aliphatic rings. The van der Waals surface area contributed by atoms with Crippen LogP contribution in [-0.4, -0.2) is 41.8 Å². The number of ether oxygens (including phenoxy) is 1. The Morgan fingerprint density at radius 2 is 2.00 bits per heavy atom. The van der Waals surface area contributed by atoms with Crippen molar-refractivity contribution in [2.24, 2.45) is 0 Å². The minimum Gasteiger partial charge on any atom is -0.392 e. The smallest absolute Gasteiger partial charge is 0.253 e. The number of nitrogens with zero attached hydrogens (tertiary/aromatic N) is 1. The SMILES string of the molecule is CCN(c1cc(Cl)cc(C(=O)NCc2c(CO)cc(C)[nH]c2=O)c1C)C1CCOCC1. The molecular weight excluding hydrogens is 418 g/mol. The third-order valence-corrected chi connectivity index (χ3v) is 6.05. The van der Waals surface area contributed by atoms with E-state index in [1.165, 1.54) is 0 Å². The van der Waals surface area contributed by atoms with Crippen LogP contribution in [0.4, 0.5) is 5.69 Å². The van der Waals surface area contributed by atoms with Gasteiger partial charge in [-0.3, -0.25) is 9.59 Å². The van der Waals surface area contributed by atoms with Gasteiger partial charge in [-0.05, 0) is 62.9 Å². The number of rotatable bonds is 7. The van der Waals surface area contributed by atoms with E-state index in [0.717, 1.165) is 43.9 Å². The number of halogens is 1. The third kappa shape index (κ3) is 5.29. The largest absolute Gasteiger partial charge is 0.392 e. The van der Waals surface area contributed by atoms with Gasteiger partial charge in [0.25, 0.3) is 11.5 Å². The molecule has 168 valence electrons. The van der Waals surface area contributed by atoms with E-state index in [-0.39, 0.29) is 24.6 Å². The summed E-state index contributed by atoms with van der Waals surface area (Å²) in [5.41, 5.74) is 3.45. The van der Waals surface area contributed by atoms with Gasteiger partial charge in [-0.1, -0.05) is 11.6 Å². The number of carbonyl (C=O) groups excluding carboxylic acids is 1. The summed E-state index contributed by atoms with van der Waals surface area (Å²) in [5.74, 6) is -0.312. The predicted octanol–water partition coefficient (Wildman–Crippen LogP) is 3.07. The molecule has 0 saturated carbocycles. The van der Waals surface area contributed by atoms with E-state index in [1.54, 1.807) is 19.1 Å². The molecule has 0 bridgehead atoms. The first kappa shape index (κ1) is 23.3. The highest BCUT2D eigenvalue weighted by Crippen LogP contribution is 2.31. The first-order chi connectivity index (χ1) is 14.8. The molecule has 1 amide bonds. The highest BCUT2D eigenvalue weighted by atomic mass is 35.5. The Morgan fingerprint density at radius 1 is 1.29 bits per heavy atom. The summed E-state index contributed by atoms with van der Waals surface area (Å²) in [6.07, 6.45) is 1.86. The zero-order valence-corrected chi connectivity index (χ0v) is 19.0. The van der Waals surface area contributed by atoms with Gasteiger partial charge in [-0.2, -0.15) is 0 Å². The number of aromatic amines is 1. The van der Waals surface area contributed by atoms with Crippen LogP contribution in [0.3, 0.4) is 0 Å². The molecular formula is C23H30ClN3O4. The maximum absolute atomic E-state index is 13.0. The third-order valence-electron chi connectivity index (χ3n) is 5.83. The van der Waals surface area contributed by atoms with Crippen molar-refractivity contribution in [2.75, 3.05) is 24.7 Å². The molecule has 1 aromatic heterocycles. The molecule has 0 radical (unpaired) electrons. The van der Waals surface area contributed by atoms with Crippen molar-refractivity contribution >= 4 is 23.2 Å². The molecule has 1 fully saturated rings. The monoisotopic (exact) mass is 447 g/mol. The number of aliphatic hydroxyl groups excluding tert-OH is 1. The summed E-state index contributed by atoms with van der Waals surface area (Å²) >= 11 is 6.39. The molecule has 0 spiro atoms. The van der Waals surface area contributed by atoms with Crippen LogP contribution in [0.1, 0.15) is 52.5 Å². The lowest BCUT2D eigenvalue weighted by atomic mass is 10.0. The number of aryl methyl sites for hydroxylation is 1. The van der Waals surface area contributed by atoms with Crippen LogP contribution in [0.15, 0.2) is 23.0 Å². The molecule has 7 nitrogen and oxygen atoms in total. The molecule has 1 saturated heterocycles. The molecule has 8 heteroatoms. The number of hydrogen-bond donors (Lipinski definition) is 3. The van der Waals surface area contributed by atoms with Gasteiger partial charge >= 0.3 is 0 Å². The molecule has 2 heterocycles. The first-order valence-corrected chi connectivity index (χ1v) is 11.0. The predicted molar refractivity (Wildman–Crippen MR) is 122 cm³/mol. The number of aromatic nitrogens is 1. The fourth-order valence-electron chi connectivity index (χ4n) is 4.20. The number of nitrogens with one attached hydrogen (secondary N) is 2. The van der Waals surface area contributed by atoms with Crippen molar-refractivity contribution in [3.05, 3.63) is 61.5 Å². The standard InChI is InChI=1S/C23H30ClN3O4/c1-4-27(18-5-7-31-8-6-18)21-11-17(24)10-19(15(21)3)22(29)25-12-20-16(13-28)9-14(2)26-23(20)30/h9-11,18,28H,4-8,12-13H2,1-3H3,(H,25,29)(H,26,30). The van der Waals surface area contributed by atoms with E-state index in [9.17, 15) is 14.7 Å². The Balaban J connectivity index is 1.86. The zero-order valence-electron chi connectivity index (χ0n) is 18.3. The van der Waals surface area contributed by atoms with Crippen LogP contribution in [0.25, 0.3) is 0 Å². The number of aliphatic hydroxyl groups is 1. The van der Waals surface area contributed by atoms with Crippen molar-refractivity contribution in [1.82, 2.24) is 10.3 Å². The Bertz CT molecular complexity index is 999. The van der Waals surface area contributed by atoms with Crippen molar-refractivity contribution in [3.8, 4) is 0 Å². The molecule has 1 aliphatic heterocycles. The number of pyridine rings is 1. The van der Waals surface area contributed by atoms with E-state index in [2.05, 4.69) is 22.1 Å². The molecule has 0 unspecified atom stereocenters. The fourth-order valence-corrected chi connectivity index (χ4v) is 4.42. The lowest BCUT2D eigenvalue weighted by Gasteiger charge is -2.36. The number of anilines is 1. The Hall–Kier alpha value is -2.35. The molecule has 0 aliphatic carbocycles. The van der Waals surface area contributed by atoms with Crippen molar-refractivity contribution in [1.29, 1.82) is 0 Å². The van der Waals surface area contributed by atoms with Crippen LogP contribution in [0.2, 0.25) is 5.02 Å². The molecule has 3 N–H and O–H groups in total. The summed E-state index contributed by atoms with van der Waals surface area (Å²) in [6.45, 7) is 7.76.